The highest BCUT2D eigenvalue weighted by atomic mass is 32.2. The zero-order valence-corrected chi connectivity index (χ0v) is 24.6. The molecule has 13 nitrogen and oxygen atoms in total. The van der Waals surface area contributed by atoms with Crippen molar-refractivity contribution in [3.8, 4) is 18.1 Å². The average Bonchev–Trinajstić information content (AvgIpc) is 3.76. The third-order valence-electron chi connectivity index (χ3n) is 8.88. The quantitative estimate of drug-likeness (QED) is 0.358. The molecule has 16 heteroatoms. The van der Waals surface area contributed by atoms with Gasteiger partial charge in [0.05, 0.1) is 34.2 Å². The van der Waals surface area contributed by atoms with Crippen molar-refractivity contribution in [2.24, 2.45) is 0 Å². The second-order valence-electron chi connectivity index (χ2n) is 11.3. The average molecular weight is 609 g/mol. The van der Waals surface area contributed by atoms with Crippen LogP contribution in [0.25, 0.3) is 0 Å². The lowest BCUT2D eigenvalue weighted by atomic mass is 9.88. The summed E-state index contributed by atoms with van der Waals surface area (Å²) in [5.74, 6) is 1.51. The summed E-state index contributed by atoms with van der Waals surface area (Å²) in [6, 6.07) is 4.27. The van der Waals surface area contributed by atoms with Gasteiger partial charge in [0, 0.05) is 42.2 Å². The van der Waals surface area contributed by atoms with Crippen LogP contribution in [0.4, 0.5) is 21.3 Å². The van der Waals surface area contributed by atoms with Crippen molar-refractivity contribution in [1.82, 2.24) is 35.3 Å². The zero-order valence-electron chi connectivity index (χ0n) is 23.0. The third-order valence-corrected chi connectivity index (χ3v) is 11.5. The first-order chi connectivity index (χ1) is 20.3. The molecule has 1 unspecified atom stereocenters. The van der Waals surface area contributed by atoms with Crippen molar-refractivity contribution in [2.75, 3.05) is 54.9 Å². The fourth-order valence-electron chi connectivity index (χ4n) is 6.77. The molecule has 0 radical (unpaired) electrons. The molecule has 0 aliphatic carbocycles. The Hall–Kier alpha value is -3.73. The summed E-state index contributed by atoms with van der Waals surface area (Å²) in [4.78, 5) is 21.2. The topological polar surface area (TPSA) is 173 Å². The zero-order chi connectivity index (χ0) is 29.1. The number of rotatable bonds is 8. The molecule has 3 aromatic heterocycles. The number of nitriles is 2. The van der Waals surface area contributed by atoms with E-state index in [4.69, 9.17) is 20.4 Å². The predicted octanol–water partition coefficient (Wildman–Crippen LogP) is 2.51. The van der Waals surface area contributed by atoms with Crippen LogP contribution in [-0.4, -0.2) is 86.3 Å². The molecule has 0 amide bonds. The number of nitrogens with one attached hydrogen (secondary N) is 1. The van der Waals surface area contributed by atoms with E-state index in [1.807, 2.05) is 23.6 Å². The van der Waals surface area contributed by atoms with E-state index in [0.29, 0.717) is 48.3 Å². The minimum Gasteiger partial charge on any atom is -0.461 e. The molecule has 42 heavy (non-hydrogen) atoms. The Bertz CT molecular complexity index is 1580. The number of aromatic amines is 1. The van der Waals surface area contributed by atoms with Crippen LogP contribution >= 0.6 is 23.1 Å². The van der Waals surface area contributed by atoms with Crippen LogP contribution in [-0.2, 0) is 10.5 Å². The Morgan fingerprint density at radius 3 is 2.95 bits per heavy atom. The first-order valence-corrected chi connectivity index (χ1v) is 15.6. The van der Waals surface area contributed by atoms with Crippen LogP contribution in [0.1, 0.15) is 53.9 Å². The number of H-pyrrole nitrogens is 1. The Kier molecular flexibility index (Phi) is 6.60. The van der Waals surface area contributed by atoms with E-state index >= 15 is 0 Å². The molecule has 3 atom stereocenters. The molecule has 7 heterocycles. The maximum Gasteiger partial charge on any atom is 0.323 e. The number of thioether (sulfide) groups is 1. The van der Waals surface area contributed by atoms with Crippen molar-refractivity contribution in [3.63, 3.8) is 0 Å². The molecular weight excluding hydrogens is 580 g/mol. The molecule has 1 spiro atoms. The fraction of sp³-hybridized carbons (Fsp3) is 0.577. The molecular formula is C26H29FN12OS2. The van der Waals surface area contributed by atoms with Gasteiger partial charge < -0.3 is 20.3 Å². The SMILES string of the molecule is CC(c1cn[nH]n1)N(CC#N)c1nc(OC[C@@]23CCCN2C[C@H](F)C3)nc(N2CC3(C2)SCc2sc(N)c(C#N)c23)n1. The third kappa shape index (κ3) is 4.31. The summed E-state index contributed by atoms with van der Waals surface area (Å²) >= 11 is 3.30. The molecule has 0 aromatic carbocycles. The number of nitrogens with zero attached hydrogens (tertiary/aromatic N) is 10. The Balaban J connectivity index is 1.20. The highest BCUT2D eigenvalue weighted by molar-refractivity contribution is 8.00. The van der Waals surface area contributed by atoms with E-state index in [0.717, 1.165) is 35.6 Å². The first-order valence-electron chi connectivity index (χ1n) is 13.8. The minimum absolute atomic E-state index is 0.00102. The summed E-state index contributed by atoms with van der Waals surface area (Å²) in [6.07, 6.45) is 3.02. The summed E-state index contributed by atoms with van der Waals surface area (Å²) < 4.78 is 20.4. The maximum absolute atomic E-state index is 14.4. The summed E-state index contributed by atoms with van der Waals surface area (Å²) in [5, 5.41) is 30.7. The van der Waals surface area contributed by atoms with Gasteiger partial charge in [-0.2, -0.15) is 40.9 Å². The molecule has 7 rings (SSSR count). The lowest BCUT2D eigenvalue weighted by Gasteiger charge is -2.47. The van der Waals surface area contributed by atoms with Crippen LogP contribution in [0.3, 0.4) is 0 Å². The molecule has 4 aliphatic rings. The second-order valence-corrected chi connectivity index (χ2v) is 13.8. The standard InChI is InChI=1S/C26H29FN12OS2/c1-15(18-9-31-36-35-18)39(6-4-28)23-32-22(33-24(34-23)40-14-25-3-2-5-38(25)10-16(27)7-25)37-12-26(13-37)20-17(8-29)21(30)42-19(20)11-41-26/h9,15-16H,2-3,5-7,10-14,30H2,1H3,(H,31,35,36)/t15?,16-,25+/m1/s1. The van der Waals surface area contributed by atoms with Gasteiger partial charge in [0.2, 0.25) is 11.9 Å². The van der Waals surface area contributed by atoms with E-state index in [1.54, 1.807) is 11.1 Å². The first kappa shape index (κ1) is 27.1. The Morgan fingerprint density at radius 2 is 2.19 bits per heavy atom. The van der Waals surface area contributed by atoms with Gasteiger partial charge in [-0.25, -0.2) is 4.39 Å². The highest BCUT2D eigenvalue weighted by Gasteiger charge is 2.53. The number of nitrogens with two attached hydrogens (primary N) is 1. The lowest BCUT2D eigenvalue weighted by Crippen LogP contribution is -2.57. The van der Waals surface area contributed by atoms with Gasteiger partial charge in [-0.3, -0.25) is 4.90 Å². The van der Waals surface area contributed by atoms with E-state index in [-0.39, 0.29) is 41.4 Å². The predicted molar refractivity (Wildman–Crippen MR) is 155 cm³/mol. The van der Waals surface area contributed by atoms with Crippen LogP contribution < -0.4 is 20.3 Å². The van der Waals surface area contributed by atoms with Gasteiger partial charge in [0.15, 0.2) is 0 Å². The van der Waals surface area contributed by atoms with E-state index in [9.17, 15) is 14.9 Å². The summed E-state index contributed by atoms with van der Waals surface area (Å²) in [6.45, 7) is 4.64. The van der Waals surface area contributed by atoms with E-state index in [2.05, 4.69) is 37.4 Å². The molecule has 3 saturated heterocycles. The van der Waals surface area contributed by atoms with Crippen LogP contribution in [0.5, 0.6) is 6.01 Å². The number of anilines is 3. The van der Waals surface area contributed by atoms with Crippen molar-refractivity contribution < 1.29 is 9.13 Å². The van der Waals surface area contributed by atoms with Gasteiger partial charge in [0.1, 0.15) is 36.1 Å². The van der Waals surface area contributed by atoms with E-state index < -0.39 is 6.17 Å². The van der Waals surface area contributed by atoms with Crippen LogP contribution in [0.2, 0.25) is 0 Å². The number of hydrogen-bond acceptors (Lipinski definition) is 14. The minimum atomic E-state index is -0.872. The van der Waals surface area contributed by atoms with Crippen molar-refractivity contribution in [3.05, 3.63) is 27.9 Å². The number of ether oxygens (including phenoxy) is 1. The van der Waals surface area contributed by atoms with E-state index in [1.165, 1.54) is 11.3 Å². The number of aromatic nitrogens is 6. The smallest absolute Gasteiger partial charge is 0.323 e. The largest absolute Gasteiger partial charge is 0.461 e. The molecule has 0 saturated carbocycles. The molecule has 3 aromatic rings. The Labute approximate surface area is 249 Å². The number of thiophene rings is 1. The molecule has 4 aliphatic heterocycles. The summed E-state index contributed by atoms with van der Waals surface area (Å²) in [5.41, 5.74) is 8.04. The lowest BCUT2D eigenvalue weighted by molar-refractivity contribution is 0.107. The van der Waals surface area contributed by atoms with Crippen molar-refractivity contribution in [1.29, 1.82) is 10.5 Å². The number of hydrogen-bond donors (Lipinski definition) is 2. The second kappa shape index (κ2) is 10.2. The summed E-state index contributed by atoms with van der Waals surface area (Å²) in [7, 11) is 0. The maximum atomic E-state index is 14.4. The number of nitrogen functional groups attached to an aromatic ring is 1. The highest BCUT2D eigenvalue weighted by Crippen LogP contribution is 2.57. The molecule has 218 valence electrons. The molecule has 3 fully saturated rings. The monoisotopic (exact) mass is 608 g/mol. The van der Waals surface area contributed by atoms with Crippen LogP contribution in [0.15, 0.2) is 6.20 Å². The fourth-order valence-corrected chi connectivity index (χ4v) is 9.58. The van der Waals surface area contributed by atoms with Gasteiger partial charge in [-0.1, -0.05) is 0 Å². The van der Waals surface area contributed by atoms with Gasteiger partial charge in [-0.05, 0) is 26.3 Å². The van der Waals surface area contributed by atoms with Gasteiger partial charge in [-0.15, -0.1) is 23.1 Å². The Morgan fingerprint density at radius 1 is 1.33 bits per heavy atom. The van der Waals surface area contributed by atoms with Crippen molar-refractivity contribution >= 4 is 40.0 Å². The number of fused-ring (bicyclic) bond motifs is 3. The number of halogens is 1. The molecule has 0 bridgehead atoms. The van der Waals surface area contributed by atoms with Gasteiger partial charge >= 0.3 is 6.01 Å². The van der Waals surface area contributed by atoms with Gasteiger partial charge in [0.25, 0.3) is 0 Å². The normalized spacial score (nSPS) is 24.6. The van der Waals surface area contributed by atoms with Crippen LogP contribution in [0, 0.1) is 22.7 Å². The molecule has 3 N–H and O–H groups in total. The number of alkyl halides is 1. The van der Waals surface area contributed by atoms with Crippen molar-refractivity contribution in [2.45, 2.75) is 54.4 Å².